The monoisotopic (exact) mass is 139 g/mol. The predicted molar refractivity (Wildman–Crippen MR) is 38.0 cm³/mol. The maximum Gasteiger partial charge on any atom is 0.200 e. The summed E-state index contributed by atoms with van der Waals surface area (Å²) < 4.78 is 5.23. The van der Waals surface area contributed by atoms with Gasteiger partial charge < -0.3 is 4.74 Å². The molecule has 9 heavy (non-hydrogen) atoms. The normalized spacial score (nSPS) is 14.7. The Balaban J connectivity index is 2.53. The highest BCUT2D eigenvalue weighted by atomic mass is 32.1. The van der Waals surface area contributed by atoms with Gasteiger partial charge in [0.25, 0.3) is 0 Å². The van der Waals surface area contributed by atoms with Crippen LogP contribution in [-0.2, 0) is 0 Å². The van der Waals surface area contributed by atoms with Gasteiger partial charge in [-0.25, -0.2) is 0 Å². The first-order chi connectivity index (χ1) is 4.47. The van der Waals surface area contributed by atoms with Gasteiger partial charge in [-0.3, -0.25) is 4.99 Å². The van der Waals surface area contributed by atoms with Crippen LogP contribution in [0.4, 0.5) is 5.69 Å². The van der Waals surface area contributed by atoms with Crippen molar-refractivity contribution >= 4 is 23.2 Å². The molecule has 0 bridgehead atoms. The molecule has 2 rings (SSSR count). The van der Waals surface area contributed by atoms with Gasteiger partial charge in [0.1, 0.15) is 12.3 Å². The summed E-state index contributed by atoms with van der Waals surface area (Å²) in [5.41, 5.74) is 0.964. The highest BCUT2D eigenvalue weighted by Gasteiger charge is 2.05. The van der Waals surface area contributed by atoms with Crippen molar-refractivity contribution in [3.8, 4) is 5.06 Å². The third kappa shape index (κ3) is 0.733. The van der Waals surface area contributed by atoms with E-state index in [1.54, 1.807) is 17.6 Å². The van der Waals surface area contributed by atoms with Crippen molar-refractivity contribution in [3.63, 3.8) is 0 Å². The lowest BCUT2D eigenvalue weighted by Crippen LogP contribution is -1.99. The second-order valence-electron chi connectivity index (χ2n) is 1.72. The quantitative estimate of drug-likeness (QED) is 0.537. The summed E-state index contributed by atoms with van der Waals surface area (Å²) in [4.78, 5) is 4.11. The van der Waals surface area contributed by atoms with E-state index in [9.17, 15) is 0 Å². The van der Waals surface area contributed by atoms with Gasteiger partial charge in [-0.15, -0.1) is 11.3 Å². The van der Waals surface area contributed by atoms with Gasteiger partial charge in [0.2, 0.25) is 0 Å². The number of hydrogen-bond donors (Lipinski definition) is 0. The predicted octanol–water partition coefficient (Wildman–Crippen LogP) is 1.84. The van der Waals surface area contributed by atoms with Gasteiger partial charge in [-0.1, -0.05) is 0 Å². The molecule has 0 aromatic carbocycles. The average Bonchev–Trinajstić information content (AvgIpc) is 2.33. The fourth-order valence-corrected chi connectivity index (χ4v) is 1.44. The summed E-state index contributed by atoms with van der Waals surface area (Å²) in [6, 6.07) is 1.95. The minimum atomic E-state index is 0.619. The molecule has 0 aliphatic carbocycles. The molecular formula is C6H5NOS. The lowest BCUT2D eigenvalue weighted by atomic mass is 10.5. The van der Waals surface area contributed by atoms with Crippen molar-refractivity contribution in [2.75, 3.05) is 6.61 Å². The molecule has 0 N–H and O–H groups in total. The molecule has 0 unspecified atom stereocenters. The molecule has 2 nitrogen and oxygen atoms in total. The van der Waals surface area contributed by atoms with Crippen LogP contribution in [0.3, 0.4) is 0 Å². The lowest BCUT2D eigenvalue weighted by Gasteiger charge is -2.04. The van der Waals surface area contributed by atoms with Gasteiger partial charge in [0.15, 0.2) is 5.06 Å². The first kappa shape index (κ1) is 4.99. The number of hydrogen-bond acceptors (Lipinski definition) is 3. The van der Waals surface area contributed by atoms with Crippen LogP contribution in [0.1, 0.15) is 0 Å². The largest absolute Gasteiger partial charge is 0.476 e. The summed E-state index contributed by atoms with van der Waals surface area (Å²) in [5.74, 6) is 0. The average molecular weight is 139 g/mol. The summed E-state index contributed by atoms with van der Waals surface area (Å²) >= 11 is 1.59. The molecule has 2 heterocycles. The first-order valence-electron chi connectivity index (χ1n) is 2.69. The van der Waals surface area contributed by atoms with Crippen molar-refractivity contribution in [3.05, 3.63) is 11.4 Å². The Labute approximate surface area is 56.8 Å². The maximum atomic E-state index is 5.23. The molecule has 46 valence electrons. The Bertz CT molecular complexity index is 241. The molecular weight excluding hydrogens is 134 g/mol. The maximum absolute atomic E-state index is 5.23. The summed E-state index contributed by atoms with van der Waals surface area (Å²) in [7, 11) is 0. The Kier molecular flexibility index (Phi) is 1.02. The van der Waals surface area contributed by atoms with Crippen LogP contribution < -0.4 is 4.74 Å². The standard InChI is InChI=1S/C6H5NOS/c1-4-9-6-5(1)7-2-3-8-6/h1-2,4H,3H2. The van der Waals surface area contributed by atoms with E-state index in [0.717, 1.165) is 10.8 Å². The Hall–Kier alpha value is -0.830. The van der Waals surface area contributed by atoms with Crippen LogP contribution in [0.2, 0.25) is 0 Å². The second kappa shape index (κ2) is 1.84. The number of aliphatic imine (C=N–C) groups is 1. The smallest absolute Gasteiger partial charge is 0.200 e. The minimum Gasteiger partial charge on any atom is -0.476 e. The Morgan fingerprint density at radius 3 is 3.56 bits per heavy atom. The van der Waals surface area contributed by atoms with Gasteiger partial charge in [0, 0.05) is 6.21 Å². The molecule has 1 aliphatic rings. The van der Waals surface area contributed by atoms with E-state index in [2.05, 4.69) is 4.99 Å². The molecule has 1 aromatic heterocycles. The molecule has 1 aromatic rings. The van der Waals surface area contributed by atoms with Crippen LogP contribution in [0.5, 0.6) is 5.06 Å². The number of thiophene rings is 1. The van der Waals surface area contributed by atoms with Gasteiger partial charge in [-0.2, -0.15) is 0 Å². The molecule has 0 spiro atoms. The third-order valence-corrected chi connectivity index (χ3v) is 1.94. The minimum absolute atomic E-state index is 0.619. The van der Waals surface area contributed by atoms with Gasteiger partial charge in [-0.05, 0) is 11.4 Å². The fraction of sp³-hybridized carbons (Fsp3) is 0.167. The van der Waals surface area contributed by atoms with Crippen LogP contribution in [-0.4, -0.2) is 12.8 Å². The van der Waals surface area contributed by atoms with E-state index in [0.29, 0.717) is 6.61 Å². The molecule has 0 atom stereocenters. The Morgan fingerprint density at radius 1 is 1.67 bits per heavy atom. The molecule has 1 aliphatic heterocycles. The van der Waals surface area contributed by atoms with Gasteiger partial charge in [0.05, 0.1) is 0 Å². The zero-order chi connectivity index (χ0) is 6.10. The van der Waals surface area contributed by atoms with E-state index in [-0.39, 0.29) is 0 Å². The zero-order valence-corrected chi connectivity index (χ0v) is 5.52. The number of fused-ring (bicyclic) bond motifs is 1. The number of nitrogens with zero attached hydrogens (tertiary/aromatic N) is 1. The highest BCUT2D eigenvalue weighted by Crippen LogP contribution is 2.34. The van der Waals surface area contributed by atoms with Crippen LogP contribution in [0.25, 0.3) is 0 Å². The van der Waals surface area contributed by atoms with Crippen molar-refractivity contribution in [1.29, 1.82) is 0 Å². The van der Waals surface area contributed by atoms with E-state index >= 15 is 0 Å². The zero-order valence-electron chi connectivity index (χ0n) is 4.70. The Morgan fingerprint density at radius 2 is 2.67 bits per heavy atom. The first-order valence-corrected chi connectivity index (χ1v) is 3.57. The highest BCUT2D eigenvalue weighted by molar-refractivity contribution is 7.12. The SMILES string of the molecule is C1=Nc2ccsc2OC1. The summed E-state index contributed by atoms with van der Waals surface area (Å²) in [5, 5.41) is 2.92. The fourth-order valence-electron chi connectivity index (χ4n) is 0.741. The molecule has 0 amide bonds. The van der Waals surface area contributed by atoms with Crippen molar-refractivity contribution in [2.24, 2.45) is 4.99 Å². The van der Waals surface area contributed by atoms with Crippen LogP contribution in [0, 0.1) is 0 Å². The van der Waals surface area contributed by atoms with Crippen LogP contribution >= 0.6 is 11.3 Å². The molecule has 3 heteroatoms. The van der Waals surface area contributed by atoms with Crippen LogP contribution in [0.15, 0.2) is 16.4 Å². The van der Waals surface area contributed by atoms with Crippen molar-refractivity contribution in [2.45, 2.75) is 0 Å². The summed E-state index contributed by atoms with van der Waals surface area (Å²) in [6.07, 6.45) is 1.77. The molecule has 0 saturated heterocycles. The van der Waals surface area contributed by atoms with Gasteiger partial charge >= 0.3 is 0 Å². The van der Waals surface area contributed by atoms with Crippen molar-refractivity contribution < 1.29 is 4.74 Å². The third-order valence-electron chi connectivity index (χ3n) is 1.13. The molecule has 0 radical (unpaired) electrons. The van der Waals surface area contributed by atoms with E-state index in [4.69, 9.17) is 4.74 Å². The van der Waals surface area contributed by atoms with Crippen molar-refractivity contribution in [1.82, 2.24) is 0 Å². The van der Waals surface area contributed by atoms with E-state index < -0.39 is 0 Å². The lowest BCUT2D eigenvalue weighted by molar-refractivity contribution is 0.388. The number of rotatable bonds is 0. The number of ether oxygens (including phenoxy) is 1. The molecule has 0 saturated carbocycles. The topological polar surface area (TPSA) is 21.6 Å². The molecule has 0 fully saturated rings. The van der Waals surface area contributed by atoms with E-state index in [1.165, 1.54) is 0 Å². The van der Waals surface area contributed by atoms with E-state index in [1.807, 2.05) is 11.4 Å². The summed E-state index contributed by atoms with van der Waals surface area (Å²) in [6.45, 7) is 0.619. The second-order valence-corrected chi connectivity index (χ2v) is 2.59.